The lowest BCUT2D eigenvalue weighted by molar-refractivity contribution is 0.262. The van der Waals surface area contributed by atoms with Gasteiger partial charge in [-0.1, -0.05) is 18.2 Å². The number of pyridine rings is 1. The SMILES string of the molecule is COc1ccc(-c2cnc3cncc(NC(=O)Nc4ccccc4)c3n2)cc1. The zero-order chi connectivity index (χ0) is 19.3. The molecule has 0 spiro atoms. The number of hydrogen-bond acceptors (Lipinski definition) is 5. The van der Waals surface area contributed by atoms with Crippen molar-refractivity contribution in [3.63, 3.8) is 0 Å². The monoisotopic (exact) mass is 371 g/mol. The number of carbonyl (C=O) groups excluding carboxylic acids is 1. The van der Waals surface area contributed by atoms with E-state index in [9.17, 15) is 4.79 Å². The summed E-state index contributed by atoms with van der Waals surface area (Å²) in [6.07, 6.45) is 4.85. The quantitative estimate of drug-likeness (QED) is 0.557. The number of rotatable bonds is 4. The number of nitrogens with one attached hydrogen (secondary N) is 2. The summed E-state index contributed by atoms with van der Waals surface area (Å²) in [6.45, 7) is 0. The van der Waals surface area contributed by atoms with Crippen LogP contribution in [0.2, 0.25) is 0 Å². The molecule has 0 radical (unpaired) electrons. The normalized spacial score (nSPS) is 10.5. The standard InChI is InChI=1S/C21H17N5O2/c1-28-16-9-7-14(8-10-16)17-13-23-18-11-22-12-19(20(18)25-17)26-21(27)24-15-5-3-2-4-6-15/h2-13H,1H3,(H2,24,26,27). The number of nitrogens with zero attached hydrogens (tertiary/aromatic N) is 3. The molecule has 0 atom stereocenters. The fourth-order valence-corrected chi connectivity index (χ4v) is 2.73. The molecule has 2 N–H and O–H groups in total. The number of ether oxygens (including phenoxy) is 1. The van der Waals surface area contributed by atoms with Crippen LogP contribution in [0.15, 0.2) is 73.2 Å². The van der Waals surface area contributed by atoms with Crippen molar-refractivity contribution in [2.75, 3.05) is 17.7 Å². The van der Waals surface area contributed by atoms with E-state index in [1.54, 1.807) is 25.7 Å². The molecule has 0 unspecified atom stereocenters. The Morgan fingerprint density at radius 3 is 2.46 bits per heavy atom. The fourth-order valence-electron chi connectivity index (χ4n) is 2.73. The van der Waals surface area contributed by atoms with E-state index in [4.69, 9.17) is 4.74 Å². The molecule has 138 valence electrons. The van der Waals surface area contributed by atoms with Crippen LogP contribution in [0.4, 0.5) is 16.2 Å². The molecule has 0 aliphatic rings. The Hall–Kier alpha value is -4.00. The largest absolute Gasteiger partial charge is 0.497 e. The summed E-state index contributed by atoms with van der Waals surface area (Å²) in [5.74, 6) is 0.765. The highest BCUT2D eigenvalue weighted by Crippen LogP contribution is 2.25. The van der Waals surface area contributed by atoms with E-state index in [2.05, 4.69) is 25.6 Å². The molecule has 2 aromatic carbocycles. The van der Waals surface area contributed by atoms with Crippen LogP contribution in [0.3, 0.4) is 0 Å². The zero-order valence-electron chi connectivity index (χ0n) is 15.1. The summed E-state index contributed by atoms with van der Waals surface area (Å²) in [7, 11) is 1.62. The minimum absolute atomic E-state index is 0.378. The van der Waals surface area contributed by atoms with Gasteiger partial charge in [0.15, 0.2) is 0 Å². The van der Waals surface area contributed by atoms with Crippen LogP contribution in [0.5, 0.6) is 5.75 Å². The van der Waals surface area contributed by atoms with Crippen molar-refractivity contribution < 1.29 is 9.53 Å². The van der Waals surface area contributed by atoms with Gasteiger partial charge in [0.25, 0.3) is 0 Å². The topological polar surface area (TPSA) is 89.0 Å². The summed E-state index contributed by atoms with van der Waals surface area (Å²) < 4.78 is 5.19. The molecule has 0 saturated carbocycles. The van der Waals surface area contributed by atoms with Crippen molar-refractivity contribution in [1.82, 2.24) is 15.0 Å². The Morgan fingerprint density at radius 2 is 1.71 bits per heavy atom. The third-order valence-electron chi connectivity index (χ3n) is 4.12. The molecule has 4 rings (SSSR count). The molecule has 0 fully saturated rings. The number of amides is 2. The van der Waals surface area contributed by atoms with Crippen LogP contribution in [-0.2, 0) is 0 Å². The predicted molar refractivity (Wildman–Crippen MR) is 108 cm³/mol. The number of benzene rings is 2. The molecule has 0 aliphatic heterocycles. The average molecular weight is 371 g/mol. The fraction of sp³-hybridized carbons (Fsp3) is 0.0476. The molecule has 7 heteroatoms. The van der Waals surface area contributed by atoms with E-state index in [-0.39, 0.29) is 6.03 Å². The molecule has 2 heterocycles. The number of carbonyl (C=O) groups is 1. The van der Waals surface area contributed by atoms with Crippen LogP contribution < -0.4 is 15.4 Å². The van der Waals surface area contributed by atoms with E-state index in [1.807, 2.05) is 54.6 Å². The number of hydrogen-bond donors (Lipinski definition) is 2. The maximum atomic E-state index is 12.3. The Bertz CT molecular complexity index is 1110. The minimum Gasteiger partial charge on any atom is -0.497 e. The Morgan fingerprint density at radius 1 is 0.929 bits per heavy atom. The van der Waals surface area contributed by atoms with Gasteiger partial charge in [0.2, 0.25) is 0 Å². The lowest BCUT2D eigenvalue weighted by atomic mass is 10.1. The van der Waals surface area contributed by atoms with Crippen molar-refractivity contribution in [3.05, 3.63) is 73.2 Å². The Balaban J connectivity index is 1.63. The van der Waals surface area contributed by atoms with Gasteiger partial charge in [-0.25, -0.2) is 9.78 Å². The van der Waals surface area contributed by atoms with Gasteiger partial charge in [0.05, 0.1) is 37.1 Å². The van der Waals surface area contributed by atoms with Crippen molar-refractivity contribution in [2.24, 2.45) is 0 Å². The van der Waals surface area contributed by atoms with Gasteiger partial charge >= 0.3 is 6.03 Å². The number of urea groups is 1. The average Bonchev–Trinajstić information content (AvgIpc) is 2.74. The second-order valence-electron chi connectivity index (χ2n) is 5.98. The highest BCUT2D eigenvalue weighted by molar-refractivity contribution is 6.04. The number of para-hydroxylation sites is 1. The van der Waals surface area contributed by atoms with Crippen molar-refractivity contribution in [2.45, 2.75) is 0 Å². The molecular weight excluding hydrogens is 354 g/mol. The maximum absolute atomic E-state index is 12.3. The molecule has 28 heavy (non-hydrogen) atoms. The molecule has 2 aromatic heterocycles. The van der Waals surface area contributed by atoms with Crippen molar-refractivity contribution in [1.29, 1.82) is 0 Å². The van der Waals surface area contributed by atoms with Crippen molar-refractivity contribution >= 4 is 28.4 Å². The van der Waals surface area contributed by atoms with Crippen LogP contribution in [0.1, 0.15) is 0 Å². The van der Waals surface area contributed by atoms with Gasteiger partial charge < -0.3 is 15.4 Å². The molecule has 2 amide bonds. The van der Waals surface area contributed by atoms with Gasteiger partial charge in [0.1, 0.15) is 16.8 Å². The maximum Gasteiger partial charge on any atom is 0.323 e. The molecular formula is C21H17N5O2. The molecule has 4 aromatic rings. The van der Waals surface area contributed by atoms with E-state index in [1.165, 1.54) is 0 Å². The number of anilines is 2. The van der Waals surface area contributed by atoms with E-state index in [0.717, 1.165) is 11.3 Å². The Kier molecular flexibility index (Phi) is 4.79. The highest BCUT2D eigenvalue weighted by Gasteiger charge is 2.10. The molecule has 0 aliphatic carbocycles. The lowest BCUT2D eigenvalue weighted by Gasteiger charge is -2.10. The number of methoxy groups -OCH3 is 1. The van der Waals surface area contributed by atoms with Crippen LogP contribution in [0.25, 0.3) is 22.3 Å². The van der Waals surface area contributed by atoms with E-state index in [0.29, 0.717) is 28.1 Å². The first-order valence-electron chi connectivity index (χ1n) is 8.61. The van der Waals surface area contributed by atoms with Crippen LogP contribution in [0, 0.1) is 0 Å². The van der Waals surface area contributed by atoms with Crippen LogP contribution >= 0.6 is 0 Å². The van der Waals surface area contributed by atoms with E-state index >= 15 is 0 Å². The first-order valence-corrected chi connectivity index (χ1v) is 8.61. The third-order valence-corrected chi connectivity index (χ3v) is 4.12. The van der Waals surface area contributed by atoms with Gasteiger partial charge in [-0.3, -0.25) is 9.97 Å². The van der Waals surface area contributed by atoms with Gasteiger partial charge in [-0.2, -0.15) is 0 Å². The number of fused-ring (bicyclic) bond motifs is 1. The second-order valence-corrected chi connectivity index (χ2v) is 5.98. The number of aromatic nitrogens is 3. The summed E-state index contributed by atoms with van der Waals surface area (Å²) in [5.41, 5.74) is 3.91. The molecule has 7 nitrogen and oxygen atoms in total. The summed E-state index contributed by atoms with van der Waals surface area (Å²) in [5, 5.41) is 5.57. The smallest absolute Gasteiger partial charge is 0.323 e. The van der Waals surface area contributed by atoms with Gasteiger partial charge in [0, 0.05) is 11.3 Å². The van der Waals surface area contributed by atoms with Gasteiger partial charge in [-0.05, 0) is 36.4 Å². The van der Waals surface area contributed by atoms with E-state index < -0.39 is 0 Å². The first kappa shape index (κ1) is 17.4. The Labute approximate surface area is 161 Å². The predicted octanol–water partition coefficient (Wildman–Crippen LogP) is 4.34. The zero-order valence-corrected chi connectivity index (χ0v) is 15.1. The highest BCUT2D eigenvalue weighted by atomic mass is 16.5. The molecule has 0 saturated heterocycles. The van der Waals surface area contributed by atoms with Gasteiger partial charge in [-0.15, -0.1) is 0 Å². The lowest BCUT2D eigenvalue weighted by Crippen LogP contribution is -2.19. The summed E-state index contributed by atoms with van der Waals surface area (Å²) >= 11 is 0. The third kappa shape index (κ3) is 3.73. The van der Waals surface area contributed by atoms with Crippen LogP contribution in [-0.4, -0.2) is 28.1 Å². The minimum atomic E-state index is -0.378. The summed E-state index contributed by atoms with van der Waals surface area (Å²) in [4.78, 5) is 25.6. The molecule has 0 bridgehead atoms. The second kappa shape index (κ2) is 7.71. The van der Waals surface area contributed by atoms with Crippen molar-refractivity contribution in [3.8, 4) is 17.0 Å². The first-order chi connectivity index (χ1) is 13.7. The summed E-state index contributed by atoms with van der Waals surface area (Å²) in [6, 6.07) is 16.4.